The highest BCUT2D eigenvalue weighted by Crippen LogP contribution is 2.49. The summed E-state index contributed by atoms with van der Waals surface area (Å²) in [5.74, 6) is 0.136. The van der Waals surface area contributed by atoms with Crippen molar-refractivity contribution in [3.8, 4) is 5.75 Å². The topological polar surface area (TPSA) is 72.6 Å². The molecule has 2 aliphatic rings. The van der Waals surface area contributed by atoms with Gasteiger partial charge < -0.3 is 10.5 Å². The number of ether oxygens (including phenoxy) is 1. The van der Waals surface area contributed by atoms with E-state index in [4.69, 9.17) is 10.5 Å². The van der Waals surface area contributed by atoms with Crippen LogP contribution in [0.25, 0.3) is 0 Å². The van der Waals surface area contributed by atoms with Crippen LogP contribution in [0.3, 0.4) is 0 Å². The van der Waals surface area contributed by atoms with Crippen molar-refractivity contribution in [2.45, 2.75) is 6.42 Å². The van der Waals surface area contributed by atoms with Gasteiger partial charge in [-0.05, 0) is 18.6 Å². The number of benzene rings is 1. The third-order valence-corrected chi connectivity index (χ3v) is 3.34. The van der Waals surface area contributed by atoms with Crippen molar-refractivity contribution in [2.75, 3.05) is 17.7 Å². The first kappa shape index (κ1) is 10.1. The van der Waals surface area contributed by atoms with Gasteiger partial charge in [0, 0.05) is 6.07 Å². The monoisotopic (exact) mass is 232 g/mol. The highest BCUT2D eigenvalue weighted by Gasteiger charge is 2.59. The standard InChI is InChI=1S/C12H12N2O3/c1-17-6-2-3-10(9(13)4-6)14-11(15)7-5-8(7)12(14)16/h2-4,7-8H,5,13H2,1H3. The second-order valence-corrected chi connectivity index (χ2v) is 4.39. The lowest BCUT2D eigenvalue weighted by atomic mass is 10.2. The number of imide groups is 1. The Balaban J connectivity index is 1.99. The molecule has 1 saturated carbocycles. The molecule has 0 spiro atoms. The van der Waals surface area contributed by atoms with Crippen molar-refractivity contribution in [1.82, 2.24) is 0 Å². The van der Waals surface area contributed by atoms with Gasteiger partial charge in [-0.15, -0.1) is 0 Å². The number of carbonyl (C=O) groups is 2. The molecule has 5 nitrogen and oxygen atoms in total. The van der Waals surface area contributed by atoms with Gasteiger partial charge in [0.15, 0.2) is 0 Å². The molecule has 1 heterocycles. The zero-order chi connectivity index (χ0) is 12.2. The van der Waals surface area contributed by atoms with Gasteiger partial charge >= 0.3 is 0 Å². The minimum absolute atomic E-state index is 0.107. The lowest BCUT2D eigenvalue weighted by molar-refractivity contribution is -0.123. The zero-order valence-electron chi connectivity index (χ0n) is 9.34. The third kappa shape index (κ3) is 1.32. The van der Waals surface area contributed by atoms with E-state index in [2.05, 4.69) is 0 Å². The molecular weight excluding hydrogens is 220 g/mol. The summed E-state index contributed by atoms with van der Waals surface area (Å²) in [5, 5.41) is 0. The minimum Gasteiger partial charge on any atom is -0.497 e. The highest BCUT2D eigenvalue weighted by molar-refractivity contribution is 6.25. The van der Waals surface area contributed by atoms with E-state index < -0.39 is 0 Å². The van der Waals surface area contributed by atoms with Crippen molar-refractivity contribution in [3.05, 3.63) is 18.2 Å². The summed E-state index contributed by atoms with van der Waals surface area (Å²) >= 11 is 0. The Kier molecular flexibility index (Phi) is 1.92. The average molecular weight is 232 g/mol. The number of nitrogens with two attached hydrogens (primary N) is 1. The summed E-state index contributed by atoms with van der Waals surface area (Å²) in [7, 11) is 1.54. The molecule has 5 heteroatoms. The first-order valence-electron chi connectivity index (χ1n) is 5.45. The summed E-state index contributed by atoms with van der Waals surface area (Å²) < 4.78 is 5.03. The molecule has 2 unspecified atom stereocenters. The number of rotatable bonds is 2. The Bertz CT molecular complexity index is 506. The van der Waals surface area contributed by atoms with Crippen LogP contribution in [-0.2, 0) is 9.59 Å². The van der Waals surface area contributed by atoms with E-state index in [0.29, 0.717) is 23.5 Å². The van der Waals surface area contributed by atoms with Crippen LogP contribution in [0.15, 0.2) is 18.2 Å². The summed E-state index contributed by atoms with van der Waals surface area (Å²) in [5.41, 5.74) is 6.68. The number of piperidine rings is 1. The minimum atomic E-state index is -0.128. The first-order chi connectivity index (χ1) is 8.13. The fraction of sp³-hybridized carbons (Fsp3) is 0.333. The predicted molar refractivity (Wildman–Crippen MR) is 61.5 cm³/mol. The normalized spacial score (nSPS) is 26.1. The highest BCUT2D eigenvalue weighted by atomic mass is 16.5. The van der Waals surface area contributed by atoms with Crippen LogP contribution < -0.4 is 15.4 Å². The molecule has 1 saturated heterocycles. The molecule has 3 rings (SSSR count). The maximum Gasteiger partial charge on any atom is 0.237 e. The van der Waals surface area contributed by atoms with E-state index in [1.54, 1.807) is 18.2 Å². The predicted octanol–water partition coefficient (Wildman–Crippen LogP) is 0.787. The maximum absolute atomic E-state index is 11.9. The van der Waals surface area contributed by atoms with Gasteiger partial charge in [-0.3, -0.25) is 9.59 Å². The molecule has 2 N–H and O–H groups in total. The molecule has 2 atom stereocenters. The fourth-order valence-corrected chi connectivity index (χ4v) is 2.28. The van der Waals surface area contributed by atoms with Crippen molar-refractivity contribution in [1.29, 1.82) is 0 Å². The lowest BCUT2D eigenvalue weighted by Crippen LogP contribution is -2.33. The van der Waals surface area contributed by atoms with Gasteiger partial charge in [0.05, 0.1) is 30.3 Å². The quantitative estimate of drug-likeness (QED) is 0.604. The third-order valence-electron chi connectivity index (χ3n) is 3.34. The number of hydrogen-bond donors (Lipinski definition) is 1. The molecule has 1 aliphatic carbocycles. The van der Waals surface area contributed by atoms with Crippen LogP contribution >= 0.6 is 0 Å². The van der Waals surface area contributed by atoms with Crippen molar-refractivity contribution in [3.63, 3.8) is 0 Å². The second kappa shape index (κ2) is 3.23. The van der Waals surface area contributed by atoms with Crippen LogP contribution in [0.5, 0.6) is 5.75 Å². The molecule has 2 fully saturated rings. The Morgan fingerprint density at radius 2 is 1.94 bits per heavy atom. The van der Waals surface area contributed by atoms with Crippen molar-refractivity contribution >= 4 is 23.2 Å². The van der Waals surface area contributed by atoms with Gasteiger partial charge in [-0.2, -0.15) is 0 Å². The number of hydrogen-bond acceptors (Lipinski definition) is 4. The molecular formula is C12H12N2O3. The maximum atomic E-state index is 11.9. The van der Waals surface area contributed by atoms with Crippen LogP contribution in [-0.4, -0.2) is 18.9 Å². The number of nitrogens with zero attached hydrogens (tertiary/aromatic N) is 1. The van der Waals surface area contributed by atoms with Gasteiger partial charge in [-0.25, -0.2) is 4.90 Å². The van der Waals surface area contributed by atoms with Gasteiger partial charge in [0.2, 0.25) is 11.8 Å². The SMILES string of the molecule is COc1ccc(N2C(=O)C3CC3C2=O)c(N)c1. The number of carbonyl (C=O) groups excluding carboxylic acids is 2. The number of nitrogen functional groups attached to an aromatic ring is 1. The van der Waals surface area contributed by atoms with Gasteiger partial charge in [-0.1, -0.05) is 0 Å². The fourth-order valence-electron chi connectivity index (χ4n) is 2.28. The van der Waals surface area contributed by atoms with Crippen LogP contribution in [0.1, 0.15) is 6.42 Å². The van der Waals surface area contributed by atoms with E-state index in [0.717, 1.165) is 0 Å². The number of amides is 2. The molecule has 1 aromatic rings. The van der Waals surface area contributed by atoms with E-state index >= 15 is 0 Å². The van der Waals surface area contributed by atoms with E-state index in [1.807, 2.05) is 0 Å². The smallest absolute Gasteiger partial charge is 0.237 e. The van der Waals surface area contributed by atoms with E-state index in [1.165, 1.54) is 12.0 Å². The summed E-state index contributed by atoms with van der Waals surface area (Å²) in [4.78, 5) is 25.0. The summed E-state index contributed by atoms with van der Waals surface area (Å²) in [6.45, 7) is 0. The number of methoxy groups -OCH3 is 1. The van der Waals surface area contributed by atoms with Crippen molar-refractivity contribution in [2.24, 2.45) is 11.8 Å². The molecule has 2 amide bonds. The molecule has 0 bridgehead atoms. The van der Waals surface area contributed by atoms with E-state index in [-0.39, 0.29) is 23.7 Å². The van der Waals surface area contributed by atoms with Crippen LogP contribution in [0.4, 0.5) is 11.4 Å². The van der Waals surface area contributed by atoms with Crippen LogP contribution in [0.2, 0.25) is 0 Å². The second-order valence-electron chi connectivity index (χ2n) is 4.39. The Morgan fingerprint density at radius 1 is 1.29 bits per heavy atom. The molecule has 1 aromatic carbocycles. The summed E-state index contributed by atoms with van der Waals surface area (Å²) in [6, 6.07) is 4.95. The first-order valence-corrected chi connectivity index (χ1v) is 5.45. The van der Waals surface area contributed by atoms with Gasteiger partial charge in [0.25, 0.3) is 0 Å². The van der Waals surface area contributed by atoms with E-state index in [9.17, 15) is 9.59 Å². The number of anilines is 2. The molecule has 88 valence electrons. The summed E-state index contributed by atoms with van der Waals surface area (Å²) in [6.07, 6.45) is 0.699. The van der Waals surface area contributed by atoms with Gasteiger partial charge in [0.1, 0.15) is 5.75 Å². The molecule has 17 heavy (non-hydrogen) atoms. The lowest BCUT2D eigenvalue weighted by Gasteiger charge is -2.18. The molecule has 0 radical (unpaired) electrons. The molecule has 1 aliphatic heterocycles. The largest absolute Gasteiger partial charge is 0.497 e. The Labute approximate surface area is 98.1 Å². The van der Waals surface area contributed by atoms with Crippen LogP contribution in [0, 0.1) is 11.8 Å². The molecule has 0 aromatic heterocycles. The Morgan fingerprint density at radius 3 is 2.47 bits per heavy atom. The Hall–Kier alpha value is -2.04. The number of fused-ring (bicyclic) bond motifs is 1. The van der Waals surface area contributed by atoms with Crippen molar-refractivity contribution < 1.29 is 14.3 Å². The average Bonchev–Trinajstić information content (AvgIpc) is 3.06. The zero-order valence-corrected chi connectivity index (χ0v) is 9.34.